The summed E-state index contributed by atoms with van der Waals surface area (Å²) in [7, 11) is 1.79. The van der Waals surface area contributed by atoms with E-state index in [-0.39, 0.29) is 5.82 Å². The zero-order valence-electron chi connectivity index (χ0n) is 11.8. The number of carboxylic acid groups (broad SMARTS) is 1. The lowest BCUT2D eigenvalue weighted by Gasteiger charge is -2.17. The molecule has 5 nitrogen and oxygen atoms in total. The Morgan fingerprint density at radius 1 is 1.38 bits per heavy atom. The molecule has 1 atom stereocenters. The van der Waals surface area contributed by atoms with E-state index in [1.165, 1.54) is 23.5 Å². The number of benzene rings is 1. The molecule has 0 fully saturated rings. The largest absolute Gasteiger partial charge is 0.481 e. The van der Waals surface area contributed by atoms with Crippen molar-refractivity contribution in [1.82, 2.24) is 10.2 Å². The Kier molecular flexibility index (Phi) is 4.85. The van der Waals surface area contributed by atoms with E-state index in [0.29, 0.717) is 18.1 Å². The summed E-state index contributed by atoms with van der Waals surface area (Å²) in [4.78, 5) is 12.6. The van der Waals surface area contributed by atoms with Crippen LogP contribution in [0.3, 0.4) is 0 Å². The first-order valence-electron chi connectivity index (χ1n) is 6.46. The van der Waals surface area contributed by atoms with E-state index >= 15 is 0 Å². The van der Waals surface area contributed by atoms with Gasteiger partial charge in [-0.2, -0.15) is 0 Å². The first kappa shape index (κ1) is 15.4. The Morgan fingerprint density at radius 3 is 2.67 bits per heavy atom. The third-order valence-corrected chi connectivity index (χ3v) is 4.06. The second-order valence-corrected chi connectivity index (χ2v) is 5.94. The average Bonchev–Trinajstić information content (AvgIpc) is 2.90. The van der Waals surface area contributed by atoms with Gasteiger partial charge >= 0.3 is 5.97 Å². The molecular formula is C14H16FN3O2S. The van der Waals surface area contributed by atoms with Crippen molar-refractivity contribution < 1.29 is 14.3 Å². The van der Waals surface area contributed by atoms with Crippen molar-refractivity contribution in [2.45, 2.75) is 13.3 Å². The van der Waals surface area contributed by atoms with Crippen LogP contribution in [0.25, 0.3) is 0 Å². The van der Waals surface area contributed by atoms with Gasteiger partial charge in [-0.3, -0.25) is 4.79 Å². The van der Waals surface area contributed by atoms with Gasteiger partial charge in [0.25, 0.3) is 0 Å². The van der Waals surface area contributed by atoms with Gasteiger partial charge < -0.3 is 10.0 Å². The number of aromatic nitrogens is 2. The van der Waals surface area contributed by atoms with Gasteiger partial charge in [0.05, 0.1) is 5.92 Å². The molecule has 0 saturated heterocycles. The molecule has 1 aromatic heterocycles. The SMILES string of the molecule is CC(CN(C)c1nnc(Cc2ccc(F)cc2)s1)C(=O)O. The number of carboxylic acids is 1. The maximum atomic E-state index is 12.8. The fraction of sp³-hybridized carbons (Fsp3) is 0.357. The molecule has 2 aromatic rings. The monoisotopic (exact) mass is 309 g/mol. The number of nitrogens with zero attached hydrogens (tertiary/aromatic N) is 3. The smallest absolute Gasteiger partial charge is 0.308 e. The van der Waals surface area contributed by atoms with Crippen molar-refractivity contribution in [1.29, 1.82) is 0 Å². The lowest BCUT2D eigenvalue weighted by atomic mass is 10.2. The van der Waals surface area contributed by atoms with Crippen LogP contribution in [0.1, 0.15) is 17.5 Å². The zero-order valence-corrected chi connectivity index (χ0v) is 12.6. The van der Waals surface area contributed by atoms with Gasteiger partial charge in [-0.25, -0.2) is 4.39 Å². The first-order chi connectivity index (χ1) is 9.95. The molecule has 1 unspecified atom stereocenters. The molecule has 0 radical (unpaired) electrons. The number of aliphatic carboxylic acids is 1. The number of hydrogen-bond donors (Lipinski definition) is 1. The van der Waals surface area contributed by atoms with Gasteiger partial charge in [-0.05, 0) is 17.7 Å². The number of halogens is 1. The van der Waals surface area contributed by atoms with E-state index in [4.69, 9.17) is 5.11 Å². The molecule has 1 heterocycles. The topological polar surface area (TPSA) is 66.3 Å². The van der Waals surface area contributed by atoms with Crippen molar-refractivity contribution in [3.8, 4) is 0 Å². The highest BCUT2D eigenvalue weighted by Crippen LogP contribution is 2.22. The third kappa shape index (κ3) is 4.22. The fourth-order valence-electron chi connectivity index (χ4n) is 1.81. The predicted octanol–water partition coefficient (Wildman–Crippen LogP) is 2.42. The summed E-state index contributed by atoms with van der Waals surface area (Å²) >= 11 is 1.41. The molecule has 0 spiro atoms. The Morgan fingerprint density at radius 2 is 2.05 bits per heavy atom. The van der Waals surface area contributed by atoms with Crippen LogP contribution < -0.4 is 4.90 Å². The van der Waals surface area contributed by atoms with E-state index in [0.717, 1.165) is 10.6 Å². The molecule has 0 aliphatic heterocycles. The minimum absolute atomic E-state index is 0.265. The predicted molar refractivity (Wildman–Crippen MR) is 79.2 cm³/mol. The molecule has 0 bridgehead atoms. The second-order valence-electron chi connectivity index (χ2n) is 4.90. The van der Waals surface area contributed by atoms with Crippen LogP contribution in [0, 0.1) is 11.7 Å². The van der Waals surface area contributed by atoms with Gasteiger partial charge in [0.15, 0.2) is 0 Å². The number of hydrogen-bond acceptors (Lipinski definition) is 5. The summed E-state index contributed by atoms with van der Waals surface area (Å²) in [6, 6.07) is 6.26. The maximum Gasteiger partial charge on any atom is 0.308 e. The number of anilines is 1. The van der Waals surface area contributed by atoms with E-state index in [1.54, 1.807) is 31.0 Å². The quantitative estimate of drug-likeness (QED) is 0.887. The number of carbonyl (C=O) groups is 1. The molecule has 7 heteroatoms. The second kappa shape index (κ2) is 6.62. The molecule has 0 saturated carbocycles. The summed E-state index contributed by atoms with van der Waals surface area (Å²) in [6.07, 6.45) is 0.584. The lowest BCUT2D eigenvalue weighted by Crippen LogP contribution is -2.28. The van der Waals surface area contributed by atoms with Gasteiger partial charge in [-0.1, -0.05) is 30.4 Å². The van der Waals surface area contributed by atoms with Gasteiger partial charge in [0.1, 0.15) is 10.8 Å². The highest BCUT2D eigenvalue weighted by molar-refractivity contribution is 7.15. The first-order valence-corrected chi connectivity index (χ1v) is 7.28. The maximum absolute atomic E-state index is 12.8. The number of rotatable bonds is 6. The normalized spacial score (nSPS) is 12.1. The summed E-state index contributed by atoms with van der Waals surface area (Å²) in [5, 5.41) is 18.6. The van der Waals surface area contributed by atoms with Crippen molar-refractivity contribution >= 4 is 22.4 Å². The average molecular weight is 309 g/mol. The Balaban J connectivity index is 2.00. The van der Waals surface area contributed by atoms with Gasteiger partial charge in [-0.15, -0.1) is 10.2 Å². The molecular weight excluding hydrogens is 293 g/mol. The minimum Gasteiger partial charge on any atom is -0.481 e. The summed E-state index contributed by atoms with van der Waals surface area (Å²) in [5.41, 5.74) is 0.959. The van der Waals surface area contributed by atoms with Crippen LogP contribution in [0.2, 0.25) is 0 Å². The Hall–Kier alpha value is -2.02. The van der Waals surface area contributed by atoms with Crippen molar-refractivity contribution in [3.63, 3.8) is 0 Å². The van der Waals surface area contributed by atoms with Crippen LogP contribution in [-0.2, 0) is 11.2 Å². The molecule has 2 rings (SSSR count). The van der Waals surface area contributed by atoms with Crippen LogP contribution in [-0.4, -0.2) is 34.9 Å². The van der Waals surface area contributed by atoms with Gasteiger partial charge in [0.2, 0.25) is 5.13 Å². The van der Waals surface area contributed by atoms with Gasteiger partial charge in [0, 0.05) is 20.0 Å². The van der Waals surface area contributed by atoms with E-state index < -0.39 is 11.9 Å². The minimum atomic E-state index is -0.835. The molecule has 1 aromatic carbocycles. The summed E-state index contributed by atoms with van der Waals surface area (Å²) < 4.78 is 12.8. The molecule has 1 N–H and O–H groups in total. The van der Waals surface area contributed by atoms with Crippen LogP contribution in [0.4, 0.5) is 9.52 Å². The van der Waals surface area contributed by atoms with Crippen LogP contribution >= 0.6 is 11.3 Å². The van der Waals surface area contributed by atoms with Crippen LogP contribution in [0.15, 0.2) is 24.3 Å². The van der Waals surface area contributed by atoms with E-state index in [9.17, 15) is 9.18 Å². The molecule has 0 amide bonds. The molecule has 0 aliphatic rings. The highest BCUT2D eigenvalue weighted by Gasteiger charge is 2.16. The molecule has 112 valence electrons. The lowest BCUT2D eigenvalue weighted by molar-refractivity contribution is -0.140. The molecule has 21 heavy (non-hydrogen) atoms. The third-order valence-electron chi connectivity index (χ3n) is 3.02. The summed E-state index contributed by atoms with van der Waals surface area (Å²) in [6.45, 7) is 2.03. The fourth-order valence-corrected chi connectivity index (χ4v) is 2.66. The van der Waals surface area contributed by atoms with Crippen molar-refractivity contribution in [2.24, 2.45) is 5.92 Å². The summed E-state index contributed by atoms with van der Waals surface area (Å²) in [5.74, 6) is -1.57. The highest BCUT2D eigenvalue weighted by atomic mass is 32.1. The van der Waals surface area contributed by atoms with E-state index in [1.807, 2.05) is 0 Å². The van der Waals surface area contributed by atoms with Crippen molar-refractivity contribution in [2.75, 3.05) is 18.5 Å². The zero-order chi connectivity index (χ0) is 15.4. The van der Waals surface area contributed by atoms with Crippen molar-refractivity contribution in [3.05, 3.63) is 40.7 Å². The van der Waals surface area contributed by atoms with E-state index in [2.05, 4.69) is 10.2 Å². The standard InChI is InChI=1S/C14H16FN3O2S/c1-9(13(19)20)8-18(2)14-17-16-12(21-14)7-10-3-5-11(15)6-4-10/h3-6,9H,7-8H2,1-2H3,(H,19,20). The van der Waals surface area contributed by atoms with Crippen LogP contribution in [0.5, 0.6) is 0 Å². The Labute approximate surface area is 126 Å². The molecule has 0 aliphatic carbocycles. The Bertz CT molecular complexity index is 615.